The molecule has 0 saturated heterocycles. The van der Waals surface area contributed by atoms with Gasteiger partial charge in [-0.15, -0.1) is 0 Å². The third kappa shape index (κ3) is 9.04. The highest BCUT2D eigenvalue weighted by Crippen LogP contribution is 2.45. The second-order valence-corrected chi connectivity index (χ2v) is 6.49. The van der Waals surface area contributed by atoms with E-state index in [1.54, 1.807) is 0 Å². The van der Waals surface area contributed by atoms with Crippen LogP contribution in [0.1, 0.15) is 59.3 Å². The van der Waals surface area contributed by atoms with Crippen molar-refractivity contribution in [2.45, 2.75) is 64.9 Å². The molecule has 21 heavy (non-hydrogen) atoms. The largest absolute Gasteiger partial charge is 0.470 e. The minimum atomic E-state index is -4.67. The van der Waals surface area contributed by atoms with Crippen LogP contribution in [0.3, 0.4) is 0 Å². The average Bonchev–Trinajstić information content (AvgIpc) is 2.38. The first-order chi connectivity index (χ1) is 9.66. The van der Waals surface area contributed by atoms with Crippen LogP contribution in [0.5, 0.6) is 0 Å². The lowest BCUT2D eigenvalue weighted by molar-refractivity contribution is -0.147. The maximum absolute atomic E-state index is 11.5. The zero-order valence-corrected chi connectivity index (χ0v) is 14.0. The van der Waals surface area contributed by atoms with E-state index in [2.05, 4.69) is 6.58 Å². The molecule has 0 atom stereocenters. The Morgan fingerprint density at radius 2 is 1.67 bits per heavy atom. The van der Waals surface area contributed by atoms with Crippen molar-refractivity contribution in [3.63, 3.8) is 0 Å². The van der Waals surface area contributed by atoms with Gasteiger partial charge in [-0.2, -0.15) is 0 Å². The Kier molecular flexibility index (Phi) is 9.06. The predicted molar refractivity (Wildman–Crippen MR) is 80.7 cm³/mol. The highest BCUT2D eigenvalue weighted by molar-refractivity contribution is 7.46. The van der Waals surface area contributed by atoms with E-state index in [1.165, 1.54) is 6.92 Å². The molecule has 0 heterocycles. The topological polar surface area (TPSA) is 93.1 Å². The van der Waals surface area contributed by atoms with Crippen molar-refractivity contribution in [1.29, 1.82) is 0 Å². The van der Waals surface area contributed by atoms with E-state index in [0.29, 0.717) is 12.8 Å². The highest BCUT2D eigenvalue weighted by atomic mass is 31.2. The lowest BCUT2D eigenvalue weighted by Crippen LogP contribution is -2.38. The Balaban J connectivity index is 5.07. The molecule has 0 aromatic carbocycles. The Morgan fingerprint density at radius 3 is 2.00 bits per heavy atom. The van der Waals surface area contributed by atoms with E-state index >= 15 is 0 Å². The van der Waals surface area contributed by atoms with Crippen molar-refractivity contribution >= 4 is 13.8 Å². The van der Waals surface area contributed by atoms with Crippen molar-refractivity contribution in [3.05, 3.63) is 12.2 Å². The molecular formula is C14H27O6P. The first-order valence-electron chi connectivity index (χ1n) is 7.24. The molecule has 0 bridgehead atoms. The Morgan fingerprint density at radius 1 is 1.19 bits per heavy atom. The van der Waals surface area contributed by atoms with Crippen LogP contribution in [-0.4, -0.2) is 28.0 Å². The first-order valence-corrected chi connectivity index (χ1v) is 8.77. The molecule has 0 aliphatic carbocycles. The summed E-state index contributed by atoms with van der Waals surface area (Å²) in [5, 5.41) is 0. The van der Waals surface area contributed by atoms with Crippen molar-refractivity contribution in [2.24, 2.45) is 0 Å². The van der Waals surface area contributed by atoms with Gasteiger partial charge in [-0.1, -0.05) is 46.1 Å². The normalized spacial score (nSPS) is 12.2. The lowest BCUT2D eigenvalue weighted by Gasteiger charge is -2.33. The fraction of sp³-hybridized carbons (Fsp3) is 0.786. The Hall–Kier alpha value is -0.680. The number of unbranched alkanes of at least 4 members (excludes halogenated alkanes) is 2. The molecule has 7 heteroatoms. The molecule has 0 radical (unpaired) electrons. The molecule has 0 aromatic rings. The maximum Gasteiger partial charge on any atom is 0.470 e. The summed E-state index contributed by atoms with van der Waals surface area (Å²) in [5.74, 6) is -0.582. The molecule has 0 spiro atoms. The van der Waals surface area contributed by atoms with Crippen LogP contribution in [0.15, 0.2) is 12.2 Å². The second-order valence-electron chi connectivity index (χ2n) is 5.33. The smallest absolute Gasteiger partial charge is 0.459 e. The van der Waals surface area contributed by atoms with Gasteiger partial charge in [-0.25, -0.2) is 9.36 Å². The van der Waals surface area contributed by atoms with E-state index in [-0.39, 0.29) is 12.2 Å². The summed E-state index contributed by atoms with van der Waals surface area (Å²) in [6.07, 6.45) is 4.03. The van der Waals surface area contributed by atoms with Crippen LogP contribution in [0.4, 0.5) is 0 Å². The fourth-order valence-corrected chi connectivity index (χ4v) is 2.70. The summed E-state index contributed by atoms with van der Waals surface area (Å²) in [6, 6.07) is 0. The molecule has 0 aliphatic rings. The summed E-state index contributed by atoms with van der Waals surface area (Å²) in [4.78, 5) is 29.8. The molecule has 0 rings (SSSR count). The van der Waals surface area contributed by atoms with E-state index in [4.69, 9.17) is 19.0 Å². The van der Waals surface area contributed by atoms with Crippen molar-refractivity contribution < 1.29 is 28.4 Å². The predicted octanol–water partition coefficient (Wildman–Crippen LogP) is 3.33. The molecule has 6 nitrogen and oxygen atoms in total. The number of esters is 1. The monoisotopic (exact) mass is 322 g/mol. The van der Waals surface area contributed by atoms with Gasteiger partial charge in [-0.3, -0.25) is 4.52 Å². The maximum atomic E-state index is 11.5. The van der Waals surface area contributed by atoms with Gasteiger partial charge >= 0.3 is 13.8 Å². The van der Waals surface area contributed by atoms with Gasteiger partial charge < -0.3 is 14.5 Å². The molecule has 124 valence electrons. The first kappa shape index (κ1) is 20.3. The van der Waals surface area contributed by atoms with E-state index in [0.717, 1.165) is 25.7 Å². The summed E-state index contributed by atoms with van der Waals surface area (Å²) in [6.45, 7) is 8.78. The zero-order valence-electron chi connectivity index (χ0n) is 13.1. The number of rotatable bonds is 11. The molecule has 0 fully saturated rings. The number of carbonyl (C=O) groups is 1. The average molecular weight is 322 g/mol. The summed E-state index contributed by atoms with van der Waals surface area (Å²) < 4.78 is 21.4. The lowest BCUT2D eigenvalue weighted by atomic mass is 9.92. The van der Waals surface area contributed by atoms with Crippen molar-refractivity contribution in [3.8, 4) is 0 Å². The van der Waals surface area contributed by atoms with Gasteiger partial charge in [0.1, 0.15) is 12.2 Å². The molecule has 0 aliphatic heterocycles. The molecule has 0 saturated carbocycles. The van der Waals surface area contributed by atoms with Crippen molar-refractivity contribution in [1.82, 2.24) is 0 Å². The van der Waals surface area contributed by atoms with Gasteiger partial charge in [-0.05, 0) is 19.8 Å². The number of phosphoric acid groups is 1. The standard InChI is InChI=1S/C14H27O6P/c1-5-7-9-14(10-8-6-2,20-21(16,17)18)11-19-13(15)12(3)4/h3,5-11H2,1-2,4H3,(H2,16,17,18). The summed E-state index contributed by atoms with van der Waals surface area (Å²) in [5.41, 5.74) is -0.901. The fourth-order valence-electron chi connectivity index (χ4n) is 1.96. The van der Waals surface area contributed by atoms with Crippen LogP contribution in [-0.2, 0) is 18.6 Å². The number of carbonyl (C=O) groups excluding carboxylic acids is 1. The molecular weight excluding hydrogens is 295 g/mol. The number of hydrogen-bond donors (Lipinski definition) is 2. The van der Waals surface area contributed by atoms with E-state index < -0.39 is 19.4 Å². The van der Waals surface area contributed by atoms with E-state index in [1.807, 2.05) is 13.8 Å². The van der Waals surface area contributed by atoms with Crippen LogP contribution < -0.4 is 0 Å². The zero-order chi connectivity index (χ0) is 16.5. The van der Waals surface area contributed by atoms with Crippen LogP contribution in [0.25, 0.3) is 0 Å². The minimum absolute atomic E-state index is 0.177. The minimum Gasteiger partial charge on any atom is -0.459 e. The van der Waals surface area contributed by atoms with Gasteiger partial charge in [0, 0.05) is 5.57 Å². The highest BCUT2D eigenvalue weighted by Gasteiger charge is 2.38. The van der Waals surface area contributed by atoms with Crippen LogP contribution >= 0.6 is 7.82 Å². The molecule has 0 unspecified atom stereocenters. The number of hydrogen-bond acceptors (Lipinski definition) is 4. The molecule has 0 amide bonds. The Bertz CT molecular complexity index is 379. The van der Waals surface area contributed by atoms with Gasteiger partial charge in [0.2, 0.25) is 0 Å². The van der Waals surface area contributed by atoms with Crippen LogP contribution in [0, 0.1) is 0 Å². The second kappa shape index (κ2) is 9.36. The summed E-state index contributed by atoms with van der Waals surface area (Å²) in [7, 11) is -4.67. The molecule has 2 N–H and O–H groups in total. The quantitative estimate of drug-likeness (QED) is 0.344. The molecule has 0 aromatic heterocycles. The summed E-state index contributed by atoms with van der Waals surface area (Å²) >= 11 is 0. The van der Waals surface area contributed by atoms with Crippen molar-refractivity contribution in [2.75, 3.05) is 6.61 Å². The number of ether oxygens (including phenoxy) is 1. The SMILES string of the molecule is C=C(C)C(=O)OCC(CCCC)(CCCC)OP(=O)(O)O. The third-order valence-electron chi connectivity index (χ3n) is 3.10. The third-order valence-corrected chi connectivity index (χ3v) is 3.72. The van der Waals surface area contributed by atoms with Gasteiger partial charge in [0.05, 0.1) is 0 Å². The number of phosphoric ester groups is 1. The Labute approximate surface area is 126 Å². The van der Waals surface area contributed by atoms with E-state index in [9.17, 15) is 9.36 Å². The van der Waals surface area contributed by atoms with Gasteiger partial charge in [0.25, 0.3) is 0 Å². The van der Waals surface area contributed by atoms with Gasteiger partial charge in [0.15, 0.2) is 0 Å². The van der Waals surface area contributed by atoms with Crippen LogP contribution in [0.2, 0.25) is 0 Å².